The van der Waals surface area contributed by atoms with Gasteiger partial charge in [-0.15, -0.1) is 0 Å². The number of likely N-dealkylation sites (tertiary alicyclic amines) is 2. The lowest BCUT2D eigenvalue weighted by Crippen LogP contribution is -2.57. The number of rotatable bonds is 4. The van der Waals surface area contributed by atoms with Gasteiger partial charge >= 0.3 is 6.09 Å². The average Bonchev–Trinajstić information content (AvgIpc) is 2.70. The number of aliphatic hydroxyl groups is 1. The zero-order chi connectivity index (χ0) is 19.2. The van der Waals surface area contributed by atoms with Crippen molar-refractivity contribution < 1.29 is 19.4 Å². The molecule has 1 aromatic heterocycles. The lowest BCUT2D eigenvalue weighted by molar-refractivity contribution is 0.00482. The maximum atomic E-state index is 12.3. The molecule has 2 fully saturated rings. The number of aromatic nitrogens is 1. The predicted molar refractivity (Wildman–Crippen MR) is 99.3 cm³/mol. The Kier molecular flexibility index (Phi) is 6.63. The lowest BCUT2D eigenvalue weighted by atomic mass is 9.96. The van der Waals surface area contributed by atoms with Gasteiger partial charge in [-0.05, 0) is 38.3 Å². The second-order valence-electron chi connectivity index (χ2n) is 7.09. The zero-order valence-electron chi connectivity index (χ0n) is 15.7. The van der Waals surface area contributed by atoms with Gasteiger partial charge in [-0.2, -0.15) is 0 Å². The molecule has 3 heterocycles. The van der Waals surface area contributed by atoms with E-state index in [1.165, 1.54) is 6.20 Å². The number of pyridine rings is 1. The molecule has 2 aliphatic rings. The predicted octanol–water partition coefficient (Wildman–Crippen LogP) is 0.867. The molecule has 2 saturated heterocycles. The smallest absolute Gasteiger partial charge is 0.409 e. The largest absolute Gasteiger partial charge is 0.450 e. The van der Waals surface area contributed by atoms with Crippen LogP contribution in [0.2, 0.25) is 0 Å². The van der Waals surface area contributed by atoms with Crippen LogP contribution in [-0.4, -0.2) is 82.9 Å². The summed E-state index contributed by atoms with van der Waals surface area (Å²) in [6, 6.07) is 3.52. The number of hydrogen-bond acceptors (Lipinski definition) is 6. The van der Waals surface area contributed by atoms with Crippen molar-refractivity contribution in [2.24, 2.45) is 0 Å². The van der Waals surface area contributed by atoms with Crippen LogP contribution >= 0.6 is 0 Å². The number of amides is 2. The van der Waals surface area contributed by atoms with Crippen LogP contribution < -0.4 is 5.32 Å². The first-order chi connectivity index (χ1) is 13.1. The SMILES string of the molecule is CCOC(=O)N1CCC(N2CCC(NC(=O)c3cccnc3)C(O)C2)CC1. The highest BCUT2D eigenvalue weighted by molar-refractivity contribution is 5.94. The van der Waals surface area contributed by atoms with E-state index in [1.807, 2.05) is 6.92 Å². The first-order valence-electron chi connectivity index (χ1n) is 9.63. The fourth-order valence-corrected chi connectivity index (χ4v) is 3.83. The first kappa shape index (κ1) is 19.6. The van der Waals surface area contributed by atoms with Crippen LogP contribution in [-0.2, 0) is 4.74 Å². The van der Waals surface area contributed by atoms with E-state index in [9.17, 15) is 14.7 Å². The monoisotopic (exact) mass is 376 g/mol. The van der Waals surface area contributed by atoms with Crippen molar-refractivity contribution in [2.75, 3.05) is 32.8 Å². The van der Waals surface area contributed by atoms with E-state index in [0.29, 0.717) is 44.3 Å². The van der Waals surface area contributed by atoms with Crippen LogP contribution in [0.3, 0.4) is 0 Å². The van der Waals surface area contributed by atoms with Crippen molar-refractivity contribution in [3.8, 4) is 0 Å². The van der Waals surface area contributed by atoms with Crippen molar-refractivity contribution in [2.45, 2.75) is 44.4 Å². The van der Waals surface area contributed by atoms with Gasteiger partial charge in [0.15, 0.2) is 0 Å². The molecule has 2 N–H and O–H groups in total. The van der Waals surface area contributed by atoms with Crippen LogP contribution in [0.25, 0.3) is 0 Å². The van der Waals surface area contributed by atoms with E-state index < -0.39 is 6.10 Å². The Morgan fingerprint density at radius 1 is 1.30 bits per heavy atom. The Labute approximate surface area is 159 Å². The normalized spacial score (nSPS) is 24.4. The molecule has 0 bridgehead atoms. The maximum Gasteiger partial charge on any atom is 0.409 e. The van der Waals surface area contributed by atoms with E-state index in [4.69, 9.17) is 4.74 Å². The number of hydrogen-bond donors (Lipinski definition) is 2. The number of carbonyl (C=O) groups is 2. The summed E-state index contributed by atoms with van der Waals surface area (Å²) in [4.78, 5) is 32.0. The van der Waals surface area contributed by atoms with Crippen LogP contribution in [0.1, 0.15) is 36.5 Å². The molecule has 1 aromatic rings. The van der Waals surface area contributed by atoms with Gasteiger partial charge in [0, 0.05) is 44.6 Å². The van der Waals surface area contributed by atoms with E-state index in [0.717, 1.165) is 19.4 Å². The molecule has 8 heteroatoms. The lowest BCUT2D eigenvalue weighted by Gasteiger charge is -2.43. The molecule has 2 unspecified atom stereocenters. The standard InChI is InChI=1S/C19H28N4O4/c1-2-27-19(26)22-9-5-15(6-10-22)23-11-7-16(17(24)13-23)21-18(25)14-4-3-8-20-12-14/h3-4,8,12,15-17,24H,2,5-7,9-11,13H2,1H3,(H,21,25). The van der Waals surface area contributed by atoms with Crippen LogP contribution in [0.4, 0.5) is 4.79 Å². The van der Waals surface area contributed by atoms with E-state index in [2.05, 4.69) is 15.2 Å². The molecule has 3 rings (SSSR count). The number of β-amino-alcohol motifs (C(OH)–C–C–N with tert-alkyl or cyclic N) is 1. The summed E-state index contributed by atoms with van der Waals surface area (Å²) in [6.45, 7) is 4.90. The number of nitrogens with one attached hydrogen (secondary N) is 1. The van der Waals surface area contributed by atoms with E-state index >= 15 is 0 Å². The highest BCUT2D eigenvalue weighted by Gasteiger charge is 2.34. The Bertz CT molecular complexity index is 634. The van der Waals surface area contributed by atoms with Gasteiger partial charge in [-0.25, -0.2) is 4.79 Å². The van der Waals surface area contributed by atoms with Crippen LogP contribution in [0.15, 0.2) is 24.5 Å². The quantitative estimate of drug-likeness (QED) is 0.810. The Balaban J connectivity index is 1.46. The number of piperidine rings is 2. The molecule has 0 spiro atoms. The summed E-state index contributed by atoms with van der Waals surface area (Å²) >= 11 is 0. The van der Waals surface area contributed by atoms with Gasteiger partial charge in [0.1, 0.15) is 0 Å². The summed E-state index contributed by atoms with van der Waals surface area (Å²) in [5, 5.41) is 13.4. The molecule has 8 nitrogen and oxygen atoms in total. The van der Waals surface area contributed by atoms with Crippen molar-refractivity contribution in [3.63, 3.8) is 0 Å². The highest BCUT2D eigenvalue weighted by Crippen LogP contribution is 2.22. The second kappa shape index (κ2) is 9.14. The fraction of sp³-hybridized carbons (Fsp3) is 0.632. The Morgan fingerprint density at radius 3 is 2.70 bits per heavy atom. The first-order valence-corrected chi connectivity index (χ1v) is 9.63. The molecule has 0 radical (unpaired) electrons. The highest BCUT2D eigenvalue weighted by atomic mass is 16.6. The van der Waals surface area contributed by atoms with Gasteiger partial charge in [-0.3, -0.25) is 14.7 Å². The molecule has 0 aromatic carbocycles. The maximum absolute atomic E-state index is 12.3. The second-order valence-corrected chi connectivity index (χ2v) is 7.09. The topological polar surface area (TPSA) is 95.0 Å². The molecule has 0 saturated carbocycles. The summed E-state index contributed by atoms with van der Waals surface area (Å²) < 4.78 is 5.06. The van der Waals surface area contributed by atoms with Crippen LogP contribution in [0.5, 0.6) is 0 Å². The van der Waals surface area contributed by atoms with Gasteiger partial charge in [-0.1, -0.05) is 0 Å². The van der Waals surface area contributed by atoms with Gasteiger partial charge in [0.2, 0.25) is 0 Å². The minimum absolute atomic E-state index is 0.205. The van der Waals surface area contributed by atoms with E-state index in [1.54, 1.807) is 23.2 Å². The number of nitrogens with zero attached hydrogens (tertiary/aromatic N) is 3. The minimum atomic E-state index is -0.609. The summed E-state index contributed by atoms with van der Waals surface area (Å²) in [6.07, 6.45) is 4.74. The number of carbonyl (C=O) groups excluding carboxylic acids is 2. The number of ether oxygens (including phenoxy) is 1. The Morgan fingerprint density at radius 2 is 2.07 bits per heavy atom. The van der Waals surface area contributed by atoms with Crippen molar-refractivity contribution in [3.05, 3.63) is 30.1 Å². The average molecular weight is 376 g/mol. The Hall–Kier alpha value is -2.19. The van der Waals surface area contributed by atoms with Crippen molar-refractivity contribution >= 4 is 12.0 Å². The van der Waals surface area contributed by atoms with Crippen molar-refractivity contribution in [1.29, 1.82) is 0 Å². The molecule has 2 atom stereocenters. The van der Waals surface area contributed by atoms with E-state index in [-0.39, 0.29) is 18.0 Å². The fourth-order valence-electron chi connectivity index (χ4n) is 3.83. The number of aliphatic hydroxyl groups excluding tert-OH is 1. The summed E-state index contributed by atoms with van der Waals surface area (Å²) in [5.41, 5.74) is 0.499. The molecule has 27 heavy (non-hydrogen) atoms. The van der Waals surface area contributed by atoms with Gasteiger partial charge < -0.3 is 20.1 Å². The summed E-state index contributed by atoms with van der Waals surface area (Å²) in [5.74, 6) is -0.205. The van der Waals surface area contributed by atoms with Crippen LogP contribution in [0, 0.1) is 0 Å². The molecule has 0 aliphatic carbocycles. The third-order valence-corrected chi connectivity index (χ3v) is 5.36. The van der Waals surface area contributed by atoms with Gasteiger partial charge in [0.05, 0.1) is 24.3 Å². The zero-order valence-corrected chi connectivity index (χ0v) is 15.7. The molecular weight excluding hydrogens is 348 g/mol. The molecule has 2 aliphatic heterocycles. The third-order valence-electron chi connectivity index (χ3n) is 5.36. The molecular formula is C19H28N4O4. The van der Waals surface area contributed by atoms with Gasteiger partial charge in [0.25, 0.3) is 5.91 Å². The third kappa shape index (κ3) is 4.95. The molecule has 2 amide bonds. The minimum Gasteiger partial charge on any atom is -0.450 e. The summed E-state index contributed by atoms with van der Waals surface area (Å²) in [7, 11) is 0. The van der Waals surface area contributed by atoms with Crippen molar-refractivity contribution in [1.82, 2.24) is 20.1 Å². The molecule has 148 valence electrons.